The first-order valence-electron chi connectivity index (χ1n) is 9.70. The highest BCUT2D eigenvalue weighted by Crippen LogP contribution is 2.31. The lowest BCUT2D eigenvalue weighted by Gasteiger charge is -2.44. The summed E-state index contributed by atoms with van der Waals surface area (Å²) in [7, 11) is 0. The predicted octanol–water partition coefficient (Wildman–Crippen LogP) is 4.06. The fourth-order valence-corrected chi connectivity index (χ4v) is 4.90. The van der Waals surface area contributed by atoms with Crippen LogP contribution in [0.15, 0.2) is 0 Å². The lowest BCUT2D eigenvalue weighted by atomic mass is 9.81. The zero-order chi connectivity index (χ0) is 14.7. The molecule has 2 atom stereocenters. The summed E-state index contributed by atoms with van der Waals surface area (Å²) in [4.78, 5) is 2.83. The molecular weight excluding hydrogens is 256 g/mol. The third-order valence-corrected chi connectivity index (χ3v) is 6.58. The molecule has 2 aliphatic carbocycles. The Morgan fingerprint density at radius 2 is 1.62 bits per heavy atom. The Kier molecular flexibility index (Phi) is 5.61. The van der Waals surface area contributed by atoms with E-state index in [0.717, 1.165) is 29.8 Å². The molecule has 0 spiro atoms. The fraction of sp³-hybridized carbons (Fsp3) is 1.00. The number of hydrogen-bond donors (Lipinski definition) is 1. The molecule has 1 saturated heterocycles. The van der Waals surface area contributed by atoms with Gasteiger partial charge in [-0.3, -0.25) is 4.90 Å². The van der Waals surface area contributed by atoms with Gasteiger partial charge in [-0.15, -0.1) is 0 Å². The minimum absolute atomic E-state index is 0.740. The van der Waals surface area contributed by atoms with E-state index >= 15 is 0 Å². The minimum atomic E-state index is 0.740. The summed E-state index contributed by atoms with van der Waals surface area (Å²) in [5, 5.41) is 3.87. The molecule has 0 aromatic heterocycles. The quantitative estimate of drug-likeness (QED) is 0.844. The normalized spacial score (nSPS) is 40.3. The van der Waals surface area contributed by atoms with E-state index < -0.39 is 0 Å². The van der Waals surface area contributed by atoms with Crippen LogP contribution in [0, 0.1) is 17.8 Å². The first-order valence-corrected chi connectivity index (χ1v) is 9.70. The van der Waals surface area contributed by atoms with E-state index in [-0.39, 0.29) is 0 Å². The largest absolute Gasteiger partial charge is 0.311 e. The van der Waals surface area contributed by atoms with Gasteiger partial charge in [-0.05, 0) is 50.4 Å². The second kappa shape index (κ2) is 7.46. The molecule has 0 radical (unpaired) electrons. The molecule has 2 heteroatoms. The van der Waals surface area contributed by atoms with Gasteiger partial charge < -0.3 is 5.32 Å². The van der Waals surface area contributed by atoms with Crippen LogP contribution in [0.4, 0.5) is 0 Å². The van der Waals surface area contributed by atoms with Crippen molar-refractivity contribution in [3.05, 3.63) is 0 Å². The number of nitrogens with one attached hydrogen (secondary N) is 1. The third kappa shape index (κ3) is 4.22. The molecule has 2 unspecified atom stereocenters. The van der Waals surface area contributed by atoms with Crippen molar-refractivity contribution < 1.29 is 0 Å². The Bertz CT molecular complexity index is 303. The maximum Gasteiger partial charge on any atom is 0.0224 e. The van der Waals surface area contributed by atoms with Gasteiger partial charge in [-0.1, -0.05) is 39.0 Å². The molecule has 0 bridgehead atoms. The van der Waals surface area contributed by atoms with Crippen molar-refractivity contribution in [2.45, 2.75) is 83.7 Å². The summed E-state index contributed by atoms with van der Waals surface area (Å²) >= 11 is 0. The van der Waals surface area contributed by atoms with Crippen molar-refractivity contribution in [2.24, 2.45) is 17.8 Å². The lowest BCUT2D eigenvalue weighted by Crippen LogP contribution is -2.58. The lowest BCUT2D eigenvalue weighted by molar-refractivity contribution is 0.0788. The molecule has 3 fully saturated rings. The summed E-state index contributed by atoms with van der Waals surface area (Å²) < 4.78 is 0. The van der Waals surface area contributed by atoms with Crippen molar-refractivity contribution in [3.63, 3.8) is 0 Å². The zero-order valence-corrected chi connectivity index (χ0v) is 14.3. The molecule has 1 heterocycles. The monoisotopic (exact) mass is 292 g/mol. The van der Waals surface area contributed by atoms with E-state index in [1.54, 1.807) is 0 Å². The molecule has 3 aliphatic rings. The van der Waals surface area contributed by atoms with Crippen LogP contribution in [0.3, 0.4) is 0 Å². The Morgan fingerprint density at radius 1 is 0.905 bits per heavy atom. The predicted molar refractivity (Wildman–Crippen MR) is 90.5 cm³/mol. The number of nitrogens with zero attached hydrogens (tertiary/aromatic N) is 1. The Labute approximate surface area is 132 Å². The summed E-state index contributed by atoms with van der Waals surface area (Å²) in [6.07, 6.45) is 13.3. The van der Waals surface area contributed by atoms with Crippen molar-refractivity contribution in [2.75, 3.05) is 19.6 Å². The first kappa shape index (κ1) is 15.8. The Balaban J connectivity index is 1.51. The van der Waals surface area contributed by atoms with E-state index in [1.807, 2.05) is 0 Å². The van der Waals surface area contributed by atoms with Crippen molar-refractivity contribution in [3.8, 4) is 0 Å². The van der Waals surface area contributed by atoms with Gasteiger partial charge in [0.25, 0.3) is 0 Å². The van der Waals surface area contributed by atoms with Crippen LogP contribution >= 0.6 is 0 Å². The average Bonchev–Trinajstić information content (AvgIpc) is 2.52. The van der Waals surface area contributed by atoms with E-state index in [9.17, 15) is 0 Å². The van der Waals surface area contributed by atoms with Gasteiger partial charge in [0, 0.05) is 31.7 Å². The first-order chi connectivity index (χ1) is 10.2. The van der Waals surface area contributed by atoms with Crippen molar-refractivity contribution in [1.29, 1.82) is 0 Å². The molecule has 21 heavy (non-hydrogen) atoms. The SMILES string of the molecule is CC1CCC(CN2CC(C3CCCCC3)NCC2C)CC1. The van der Waals surface area contributed by atoms with E-state index in [0.29, 0.717) is 0 Å². The van der Waals surface area contributed by atoms with Crippen LogP contribution in [0.25, 0.3) is 0 Å². The highest BCUT2D eigenvalue weighted by atomic mass is 15.2. The van der Waals surface area contributed by atoms with Crippen molar-refractivity contribution >= 4 is 0 Å². The maximum atomic E-state index is 3.87. The second-order valence-corrected chi connectivity index (χ2v) is 8.34. The highest BCUT2D eigenvalue weighted by Gasteiger charge is 2.32. The molecule has 0 amide bonds. The van der Waals surface area contributed by atoms with Crippen LogP contribution in [-0.4, -0.2) is 36.6 Å². The smallest absolute Gasteiger partial charge is 0.0224 e. The Morgan fingerprint density at radius 3 is 2.33 bits per heavy atom. The van der Waals surface area contributed by atoms with Gasteiger partial charge >= 0.3 is 0 Å². The highest BCUT2D eigenvalue weighted by molar-refractivity contribution is 4.90. The van der Waals surface area contributed by atoms with Crippen LogP contribution < -0.4 is 5.32 Å². The van der Waals surface area contributed by atoms with E-state index in [1.165, 1.54) is 77.4 Å². The standard InChI is InChI=1S/C19H36N2/c1-15-8-10-17(11-9-15)13-21-14-19(20-12-16(21)2)18-6-4-3-5-7-18/h15-20H,3-14H2,1-2H3. The van der Waals surface area contributed by atoms with Gasteiger partial charge in [0.05, 0.1) is 0 Å². The number of rotatable bonds is 3. The Hall–Kier alpha value is -0.0800. The maximum absolute atomic E-state index is 3.87. The number of piperazine rings is 1. The molecule has 1 N–H and O–H groups in total. The fourth-order valence-electron chi connectivity index (χ4n) is 4.90. The molecule has 0 aromatic carbocycles. The van der Waals surface area contributed by atoms with Gasteiger partial charge in [0.2, 0.25) is 0 Å². The summed E-state index contributed by atoms with van der Waals surface area (Å²) in [5.41, 5.74) is 0. The molecule has 1 aliphatic heterocycles. The molecule has 0 aromatic rings. The van der Waals surface area contributed by atoms with Gasteiger partial charge in [0.1, 0.15) is 0 Å². The zero-order valence-electron chi connectivity index (χ0n) is 14.3. The summed E-state index contributed by atoms with van der Waals surface area (Å²) in [5.74, 6) is 2.92. The topological polar surface area (TPSA) is 15.3 Å². The minimum Gasteiger partial charge on any atom is -0.311 e. The molecule has 122 valence electrons. The average molecular weight is 293 g/mol. The number of hydrogen-bond acceptors (Lipinski definition) is 2. The molecular formula is C19H36N2. The van der Waals surface area contributed by atoms with Crippen LogP contribution in [0.5, 0.6) is 0 Å². The van der Waals surface area contributed by atoms with Crippen LogP contribution in [0.1, 0.15) is 71.6 Å². The van der Waals surface area contributed by atoms with Crippen molar-refractivity contribution in [1.82, 2.24) is 10.2 Å². The second-order valence-electron chi connectivity index (χ2n) is 8.34. The third-order valence-electron chi connectivity index (χ3n) is 6.58. The molecule has 2 nitrogen and oxygen atoms in total. The summed E-state index contributed by atoms with van der Waals surface area (Å²) in [6.45, 7) is 8.76. The summed E-state index contributed by atoms with van der Waals surface area (Å²) in [6, 6.07) is 1.52. The van der Waals surface area contributed by atoms with E-state index in [4.69, 9.17) is 0 Å². The van der Waals surface area contributed by atoms with Gasteiger partial charge in [0.15, 0.2) is 0 Å². The molecule has 3 rings (SSSR count). The van der Waals surface area contributed by atoms with E-state index in [2.05, 4.69) is 24.1 Å². The van der Waals surface area contributed by atoms with Gasteiger partial charge in [-0.2, -0.15) is 0 Å². The van der Waals surface area contributed by atoms with Crippen LogP contribution in [-0.2, 0) is 0 Å². The van der Waals surface area contributed by atoms with Gasteiger partial charge in [-0.25, -0.2) is 0 Å². The molecule has 2 saturated carbocycles. The van der Waals surface area contributed by atoms with Crippen LogP contribution in [0.2, 0.25) is 0 Å².